The van der Waals surface area contributed by atoms with Gasteiger partial charge in [-0.2, -0.15) is 0 Å². The zero-order valence-electron chi connectivity index (χ0n) is 10.5. The molecule has 2 aromatic carbocycles. The highest BCUT2D eigenvalue weighted by atomic mass is 35.5. The summed E-state index contributed by atoms with van der Waals surface area (Å²) >= 11 is 5.81. The highest BCUT2D eigenvalue weighted by molar-refractivity contribution is 6.30. The molecular formula is C16H11ClN2O. The second kappa shape index (κ2) is 5.31. The molecular weight excluding hydrogens is 272 g/mol. The van der Waals surface area contributed by atoms with Crippen molar-refractivity contribution in [3.05, 3.63) is 71.0 Å². The number of hydrogen-bond donors (Lipinski definition) is 1. The second-order valence-electron chi connectivity index (χ2n) is 4.35. The number of fused-ring (bicyclic) bond motifs is 1. The first-order valence-corrected chi connectivity index (χ1v) is 6.53. The van der Waals surface area contributed by atoms with Crippen LogP contribution in [0.1, 0.15) is 16.2 Å². The van der Waals surface area contributed by atoms with E-state index in [2.05, 4.69) is 9.97 Å². The third kappa shape index (κ3) is 2.63. The lowest BCUT2D eigenvalue weighted by atomic mass is 10.2. The molecule has 0 fully saturated rings. The van der Waals surface area contributed by atoms with Gasteiger partial charge >= 0.3 is 0 Å². The van der Waals surface area contributed by atoms with Gasteiger partial charge in [-0.05, 0) is 35.9 Å². The maximum atomic E-state index is 12.0. The lowest BCUT2D eigenvalue weighted by molar-refractivity contribution is 0.103. The lowest BCUT2D eigenvalue weighted by Crippen LogP contribution is -1.96. The number of carbonyl (C=O) groups is 1. The number of imidazole rings is 1. The summed E-state index contributed by atoms with van der Waals surface area (Å²) in [5, 5.41) is 0.672. The monoisotopic (exact) mass is 282 g/mol. The Balaban J connectivity index is 1.83. The Kier molecular flexibility index (Phi) is 3.35. The molecule has 0 aliphatic carbocycles. The van der Waals surface area contributed by atoms with Gasteiger partial charge in [-0.1, -0.05) is 41.9 Å². The number of aromatic nitrogens is 2. The van der Waals surface area contributed by atoms with E-state index in [1.165, 1.54) is 6.08 Å². The summed E-state index contributed by atoms with van der Waals surface area (Å²) < 4.78 is 0. The Hall–Kier alpha value is -2.39. The van der Waals surface area contributed by atoms with Crippen LogP contribution in [0.4, 0.5) is 0 Å². The fourth-order valence-electron chi connectivity index (χ4n) is 1.89. The summed E-state index contributed by atoms with van der Waals surface area (Å²) in [6.07, 6.45) is 3.24. The van der Waals surface area contributed by atoms with Crippen LogP contribution in [0, 0.1) is 0 Å². The molecule has 0 bridgehead atoms. The van der Waals surface area contributed by atoms with Gasteiger partial charge in [0.05, 0.1) is 11.0 Å². The molecule has 3 rings (SSSR count). The highest BCUT2D eigenvalue weighted by Crippen LogP contribution is 2.13. The third-order valence-electron chi connectivity index (χ3n) is 2.92. The Labute approximate surface area is 120 Å². The summed E-state index contributed by atoms with van der Waals surface area (Å²) in [6.45, 7) is 0. The number of carbonyl (C=O) groups excluding carboxylic acids is 1. The van der Waals surface area contributed by atoms with E-state index in [1.54, 1.807) is 18.2 Å². The number of ketones is 1. The van der Waals surface area contributed by atoms with Gasteiger partial charge in [-0.25, -0.2) is 4.98 Å². The van der Waals surface area contributed by atoms with Crippen LogP contribution < -0.4 is 0 Å². The number of H-pyrrole nitrogens is 1. The van der Waals surface area contributed by atoms with Crippen molar-refractivity contribution >= 4 is 34.5 Å². The van der Waals surface area contributed by atoms with Gasteiger partial charge in [0.25, 0.3) is 0 Å². The molecule has 0 unspecified atom stereocenters. The molecule has 0 spiro atoms. The first kappa shape index (κ1) is 12.6. The molecule has 1 aromatic heterocycles. The van der Waals surface area contributed by atoms with Crippen molar-refractivity contribution in [3.63, 3.8) is 0 Å². The summed E-state index contributed by atoms with van der Waals surface area (Å²) in [7, 11) is 0. The van der Waals surface area contributed by atoms with Gasteiger partial charge in [0.2, 0.25) is 5.78 Å². The SMILES string of the molecule is O=C(/C=C/c1ccc(Cl)cc1)c1nc2ccccc2[nH]1. The van der Waals surface area contributed by atoms with Crippen molar-refractivity contribution in [2.45, 2.75) is 0 Å². The molecule has 0 aliphatic heterocycles. The molecule has 1 N–H and O–H groups in total. The van der Waals surface area contributed by atoms with Crippen molar-refractivity contribution < 1.29 is 4.79 Å². The molecule has 0 aliphatic rings. The quantitative estimate of drug-likeness (QED) is 0.580. The molecule has 1 heterocycles. The van der Waals surface area contributed by atoms with Crippen LogP contribution in [0.5, 0.6) is 0 Å². The van der Waals surface area contributed by atoms with Crippen LogP contribution in [0.2, 0.25) is 5.02 Å². The molecule has 3 nitrogen and oxygen atoms in total. The van der Waals surface area contributed by atoms with Gasteiger partial charge in [0.1, 0.15) is 0 Å². The normalized spacial score (nSPS) is 11.2. The van der Waals surface area contributed by atoms with Crippen molar-refractivity contribution in [2.75, 3.05) is 0 Å². The Morgan fingerprint density at radius 2 is 1.85 bits per heavy atom. The minimum absolute atomic E-state index is 0.156. The summed E-state index contributed by atoms with van der Waals surface area (Å²) in [4.78, 5) is 19.3. The van der Waals surface area contributed by atoms with Crippen LogP contribution in [0.3, 0.4) is 0 Å². The fraction of sp³-hybridized carbons (Fsp3) is 0. The second-order valence-corrected chi connectivity index (χ2v) is 4.79. The number of allylic oxidation sites excluding steroid dienone is 1. The largest absolute Gasteiger partial charge is 0.335 e. The van der Waals surface area contributed by atoms with Crippen molar-refractivity contribution in [2.24, 2.45) is 0 Å². The van der Waals surface area contributed by atoms with Crippen molar-refractivity contribution in [1.29, 1.82) is 0 Å². The Morgan fingerprint density at radius 3 is 2.60 bits per heavy atom. The van der Waals surface area contributed by atoms with E-state index in [1.807, 2.05) is 36.4 Å². The third-order valence-corrected chi connectivity index (χ3v) is 3.17. The Bertz CT molecular complexity index is 755. The van der Waals surface area contributed by atoms with E-state index in [4.69, 9.17) is 11.6 Å². The van der Waals surface area contributed by atoms with Crippen LogP contribution in [-0.2, 0) is 0 Å². The van der Waals surface area contributed by atoms with Crippen LogP contribution >= 0.6 is 11.6 Å². The Morgan fingerprint density at radius 1 is 1.10 bits per heavy atom. The molecule has 98 valence electrons. The molecule has 4 heteroatoms. The number of benzene rings is 2. The molecule has 0 saturated heterocycles. The fourth-order valence-corrected chi connectivity index (χ4v) is 2.02. The predicted molar refractivity (Wildman–Crippen MR) is 80.9 cm³/mol. The van der Waals surface area contributed by atoms with Gasteiger partial charge in [0, 0.05) is 5.02 Å². The lowest BCUT2D eigenvalue weighted by Gasteiger charge is -1.93. The number of para-hydroxylation sites is 2. The van der Waals surface area contributed by atoms with Gasteiger partial charge in [-0.15, -0.1) is 0 Å². The first-order valence-electron chi connectivity index (χ1n) is 6.15. The number of hydrogen-bond acceptors (Lipinski definition) is 2. The van der Waals surface area contributed by atoms with E-state index in [0.717, 1.165) is 16.6 Å². The number of nitrogens with zero attached hydrogens (tertiary/aromatic N) is 1. The molecule has 0 saturated carbocycles. The van der Waals surface area contributed by atoms with Crippen molar-refractivity contribution in [3.8, 4) is 0 Å². The highest BCUT2D eigenvalue weighted by Gasteiger charge is 2.07. The maximum Gasteiger partial charge on any atom is 0.221 e. The van der Waals surface area contributed by atoms with Gasteiger partial charge < -0.3 is 4.98 Å². The number of nitrogens with one attached hydrogen (secondary N) is 1. The van der Waals surface area contributed by atoms with E-state index < -0.39 is 0 Å². The van der Waals surface area contributed by atoms with Gasteiger partial charge in [0.15, 0.2) is 5.82 Å². The summed E-state index contributed by atoms with van der Waals surface area (Å²) in [5.41, 5.74) is 2.56. The van der Waals surface area contributed by atoms with E-state index in [9.17, 15) is 4.79 Å². The average Bonchev–Trinajstić information content (AvgIpc) is 2.90. The number of halogens is 1. The van der Waals surface area contributed by atoms with Crippen LogP contribution in [-0.4, -0.2) is 15.8 Å². The molecule has 0 radical (unpaired) electrons. The predicted octanol–water partition coefficient (Wildman–Crippen LogP) is 4.11. The molecule has 0 atom stereocenters. The summed E-state index contributed by atoms with van der Waals surface area (Å²) in [6, 6.07) is 14.8. The molecule has 3 aromatic rings. The topological polar surface area (TPSA) is 45.8 Å². The standard InChI is InChI=1S/C16H11ClN2O/c17-12-8-5-11(6-9-12)7-10-15(20)16-18-13-3-1-2-4-14(13)19-16/h1-10H,(H,18,19)/b10-7+. The van der Waals surface area contributed by atoms with Crippen molar-refractivity contribution in [1.82, 2.24) is 9.97 Å². The maximum absolute atomic E-state index is 12.0. The van der Waals surface area contributed by atoms with Crippen LogP contribution in [0.25, 0.3) is 17.1 Å². The average molecular weight is 283 g/mol. The van der Waals surface area contributed by atoms with E-state index in [0.29, 0.717) is 10.8 Å². The zero-order chi connectivity index (χ0) is 13.9. The van der Waals surface area contributed by atoms with E-state index in [-0.39, 0.29) is 5.78 Å². The minimum Gasteiger partial charge on any atom is -0.335 e. The first-order chi connectivity index (χ1) is 9.72. The van der Waals surface area contributed by atoms with E-state index >= 15 is 0 Å². The van der Waals surface area contributed by atoms with Gasteiger partial charge in [-0.3, -0.25) is 4.79 Å². The number of aromatic amines is 1. The minimum atomic E-state index is -0.156. The summed E-state index contributed by atoms with van der Waals surface area (Å²) in [5.74, 6) is 0.188. The molecule has 20 heavy (non-hydrogen) atoms. The number of rotatable bonds is 3. The molecule has 0 amide bonds. The smallest absolute Gasteiger partial charge is 0.221 e. The van der Waals surface area contributed by atoms with Crippen LogP contribution in [0.15, 0.2) is 54.6 Å². The zero-order valence-corrected chi connectivity index (χ0v) is 11.3.